The van der Waals surface area contributed by atoms with Crippen LogP contribution in [-0.2, 0) is 16.1 Å². The lowest BCUT2D eigenvalue weighted by Gasteiger charge is -2.22. The van der Waals surface area contributed by atoms with Gasteiger partial charge in [-0.3, -0.25) is 10.1 Å². The second-order valence-electron chi connectivity index (χ2n) is 4.65. The summed E-state index contributed by atoms with van der Waals surface area (Å²) in [6, 6.07) is 4.73. The molecule has 0 amide bonds. The van der Waals surface area contributed by atoms with E-state index >= 15 is 0 Å². The molecule has 1 saturated heterocycles. The minimum atomic E-state index is -0.483. The molecule has 1 heterocycles. The normalized spacial score (nSPS) is 19.3. The molecule has 1 aromatic carbocycles. The number of nitrogens with zero attached hydrogens (tertiary/aromatic N) is 1. The van der Waals surface area contributed by atoms with Gasteiger partial charge in [-0.15, -0.1) is 0 Å². The summed E-state index contributed by atoms with van der Waals surface area (Å²) in [5.41, 5.74) is 6.38. The summed E-state index contributed by atoms with van der Waals surface area (Å²) in [5.74, 6) is 0. The van der Waals surface area contributed by atoms with Crippen LogP contribution >= 0.6 is 0 Å². The highest BCUT2D eigenvalue weighted by Crippen LogP contribution is 2.23. The van der Waals surface area contributed by atoms with Gasteiger partial charge in [-0.1, -0.05) is 6.07 Å². The lowest BCUT2D eigenvalue weighted by molar-refractivity contribution is -0.384. The van der Waals surface area contributed by atoms with Crippen LogP contribution in [0.25, 0.3) is 0 Å². The first-order valence-electron chi connectivity index (χ1n) is 6.39. The topological polar surface area (TPSA) is 87.6 Å². The molecule has 1 aromatic rings. The van der Waals surface area contributed by atoms with E-state index < -0.39 is 4.92 Å². The lowest BCUT2D eigenvalue weighted by Crippen LogP contribution is -2.24. The van der Waals surface area contributed by atoms with E-state index in [0.717, 1.165) is 25.0 Å². The Kier molecular flexibility index (Phi) is 4.70. The molecule has 1 aliphatic heterocycles. The zero-order chi connectivity index (χ0) is 13.7. The predicted molar refractivity (Wildman–Crippen MR) is 70.8 cm³/mol. The monoisotopic (exact) mass is 266 g/mol. The van der Waals surface area contributed by atoms with Crippen molar-refractivity contribution in [3.63, 3.8) is 0 Å². The van der Waals surface area contributed by atoms with E-state index in [1.54, 1.807) is 6.07 Å². The number of nitrogen functional groups attached to an aromatic ring is 1. The summed E-state index contributed by atoms with van der Waals surface area (Å²) < 4.78 is 11.1. The first-order chi connectivity index (χ1) is 9.16. The summed E-state index contributed by atoms with van der Waals surface area (Å²) in [5, 5.41) is 10.8. The van der Waals surface area contributed by atoms with Crippen molar-refractivity contribution in [2.45, 2.75) is 32.0 Å². The minimum Gasteiger partial charge on any atom is -0.393 e. The third-order valence-electron chi connectivity index (χ3n) is 3.14. The number of ether oxygens (including phenoxy) is 2. The number of benzene rings is 1. The molecule has 6 heteroatoms. The Morgan fingerprint density at radius 3 is 3.00 bits per heavy atom. The number of nitro benzene ring substituents is 1. The molecular formula is C13H18N2O4. The van der Waals surface area contributed by atoms with Gasteiger partial charge in [0.15, 0.2) is 0 Å². The molecule has 6 nitrogen and oxygen atoms in total. The SMILES string of the molecule is Nc1ccc(COCC2CCCCO2)cc1[N+](=O)[O-]. The quantitative estimate of drug-likeness (QED) is 0.501. The zero-order valence-electron chi connectivity index (χ0n) is 10.7. The first-order valence-corrected chi connectivity index (χ1v) is 6.39. The van der Waals surface area contributed by atoms with Gasteiger partial charge in [0.05, 0.1) is 24.2 Å². The molecule has 1 fully saturated rings. The highest BCUT2D eigenvalue weighted by molar-refractivity contribution is 5.59. The van der Waals surface area contributed by atoms with Crippen molar-refractivity contribution in [3.05, 3.63) is 33.9 Å². The van der Waals surface area contributed by atoms with Gasteiger partial charge in [0.25, 0.3) is 5.69 Å². The summed E-state index contributed by atoms with van der Waals surface area (Å²) >= 11 is 0. The van der Waals surface area contributed by atoms with E-state index in [2.05, 4.69) is 0 Å². The van der Waals surface area contributed by atoms with Crippen LogP contribution < -0.4 is 5.73 Å². The molecule has 1 atom stereocenters. The number of nitro groups is 1. The number of hydrogen-bond acceptors (Lipinski definition) is 5. The molecule has 104 valence electrons. The van der Waals surface area contributed by atoms with E-state index in [-0.39, 0.29) is 17.5 Å². The predicted octanol–water partition coefficient (Wildman–Crippen LogP) is 2.26. The molecule has 0 radical (unpaired) electrons. The molecule has 1 aliphatic rings. The van der Waals surface area contributed by atoms with E-state index in [1.807, 2.05) is 0 Å². The van der Waals surface area contributed by atoms with Crippen molar-refractivity contribution < 1.29 is 14.4 Å². The van der Waals surface area contributed by atoms with Crippen LogP contribution in [0.2, 0.25) is 0 Å². The van der Waals surface area contributed by atoms with Crippen LogP contribution in [0.4, 0.5) is 11.4 Å². The Morgan fingerprint density at radius 1 is 1.47 bits per heavy atom. The summed E-state index contributed by atoms with van der Waals surface area (Å²) in [7, 11) is 0. The van der Waals surface area contributed by atoms with Gasteiger partial charge in [0.1, 0.15) is 5.69 Å². The Morgan fingerprint density at radius 2 is 2.32 bits per heavy atom. The van der Waals surface area contributed by atoms with Gasteiger partial charge in [0, 0.05) is 12.7 Å². The van der Waals surface area contributed by atoms with Gasteiger partial charge in [-0.25, -0.2) is 0 Å². The van der Waals surface area contributed by atoms with E-state index in [4.69, 9.17) is 15.2 Å². The number of nitrogens with two attached hydrogens (primary N) is 1. The minimum absolute atomic E-state index is 0.0741. The largest absolute Gasteiger partial charge is 0.393 e. The second-order valence-corrected chi connectivity index (χ2v) is 4.65. The van der Waals surface area contributed by atoms with Gasteiger partial charge >= 0.3 is 0 Å². The van der Waals surface area contributed by atoms with E-state index in [0.29, 0.717) is 13.2 Å². The van der Waals surface area contributed by atoms with Crippen LogP contribution in [0, 0.1) is 10.1 Å². The van der Waals surface area contributed by atoms with E-state index in [1.165, 1.54) is 18.6 Å². The molecule has 0 aliphatic carbocycles. The van der Waals surface area contributed by atoms with Crippen LogP contribution in [0.5, 0.6) is 0 Å². The molecule has 2 N–H and O–H groups in total. The van der Waals surface area contributed by atoms with Crippen LogP contribution in [0.3, 0.4) is 0 Å². The van der Waals surface area contributed by atoms with Gasteiger partial charge < -0.3 is 15.2 Å². The van der Waals surface area contributed by atoms with Crippen LogP contribution in [0.1, 0.15) is 24.8 Å². The fraction of sp³-hybridized carbons (Fsp3) is 0.538. The van der Waals surface area contributed by atoms with Crippen molar-refractivity contribution in [2.75, 3.05) is 18.9 Å². The fourth-order valence-corrected chi connectivity index (χ4v) is 2.08. The lowest BCUT2D eigenvalue weighted by atomic mass is 10.1. The highest BCUT2D eigenvalue weighted by atomic mass is 16.6. The highest BCUT2D eigenvalue weighted by Gasteiger charge is 2.15. The molecule has 0 spiro atoms. The average Bonchev–Trinajstić information content (AvgIpc) is 2.41. The van der Waals surface area contributed by atoms with Crippen molar-refractivity contribution in [3.8, 4) is 0 Å². The van der Waals surface area contributed by atoms with Gasteiger partial charge in [-0.05, 0) is 30.9 Å². The van der Waals surface area contributed by atoms with Gasteiger partial charge in [0.2, 0.25) is 0 Å². The number of hydrogen-bond donors (Lipinski definition) is 1. The standard InChI is InChI=1S/C13H18N2O4/c14-12-5-4-10(7-13(12)15(16)17)8-18-9-11-3-1-2-6-19-11/h4-5,7,11H,1-3,6,8-9,14H2. The van der Waals surface area contributed by atoms with Gasteiger partial charge in [-0.2, -0.15) is 0 Å². The summed E-state index contributed by atoms with van der Waals surface area (Å²) in [6.07, 6.45) is 3.45. The van der Waals surface area contributed by atoms with Crippen molar-refractivity contribution in [2.24, 2.45) is 0 Å². The summed E-state index contributed by atoms with van der Waals surface area (Å²) in [4.78, 5) is 10.3. The van der Waals surface area contributed by atoms with Crippen LogP contribution in [0.15, 0.2) is 18.2 Å². The van der Waals surface area contributed by atoms with Crippen LogP contribution in [-0.4, -0.2) is 24.2 Å². The maximum absolute atomic E-state index is 10.8. The van der Waals surface area contributed by atoms with Crippen molar-refractivity contribution in [1.82, 2.24) is 0 Å². The summed E-state index contributed by atoms with van der Waals surface area (Å²) in [6.45, 7) is 1.65. The third-order valence-corrected chi connectivity index (χ3v) is 3.14. The molecule has 2 rings (SSSR count). The average molecular weight is 266 g/mol. The zero-order valence-corrected chi connectivity index (χ0v) is 10.7. The maximum Gasteiger partial charge on any atom is 0.292 e. The van der Waals surface area contributed by atoms with E-state index in [9.17, 15) is 10.1 Å². The Bertz CT molecular complexity index is 444. The maximum atomic E-state index is 10.8. The fourth-order valence-electron chi connectivity index (χ4n) is 2.08. The molecule has 19 heavy (non-hydrogen) atoms. The third kappa shape index (κ3) is 3.90. The molecule has 0 aromatic heterocycles. The number of rotatable bonds is 5. The first kappa shape index (κ1) is 13.8. The Labute approximate surface area is 111 Å². The molecule has 0 bridgehead atoms. The number of anilines is 1. The Balaban J connectivity index is 1.85. The molecule has 1 unspecified atom stereocenters. The Hall–Kier alpha value is -1.66. The smallest absolute Gasteiger partial charge is 0.292 e. The molecular weight excluding hydrogens is 248 g/mol. The molecule has 0 saturated carbocycles. The van der Waals surface area contributed by atoms with Crippen molar-refractivity contribution >= 4 is 11.4 Å². The van der Waals surface area contributed by atoms with Crippen molar-refractivity contribution in [1.29, 1.82) is 0 Å². The second kappa shape index (κ2) is 6.49.